The molecular formula is C35H34N4O3S. The average Bonchev–Trinajstić information content (AvgIpc) is 3.53. The van der Waals surface area contributed by atoms with Gasteiger partial charge in [-0.05, 0) is 44.5 Å². The number of ether oxygens (including phenoxy) is 1. The van der Waals surface area contributed by atoms with Crippen molar-refractivity contribution in [1.29, 1.82) is 0 Å². The Morgan fingerprint density at radius 3 is 2.44 bits per heavy atom. The Kier molecular flexibility index (Phi) is 7.86. The first kappa shape index (κ1) is 28.4. The molecular weight excluding hydrogens is 556 g/mol. The second-order valence-electron chi connectivity index (χ2n) is 10.5. The molecule has 0 unspecified atom stereocenters. The van der Waals surface area contributed by atoms with E-state index in [1.54, 1.807) is 16.6 Å². The van der Waals surface area contributed by atoms with Gasteiger partial charge in [0.25, 0.3) is 11.5 Å². The topological polar surface area (TPSA) is 68.8 Å². The van der Waals surface area contributed by atoms with Crippen LogP contribution in [0, 0.1) is 0 Å². The van der Waals surface area contributed by atoms with Gasteiger partial charge < -0.3 is 14.2 Å². The van der Waals surface area contributed by atoms with Crippen molar-refractivity contribution in [2.45, 2.75) is 33.4 Å². The summed E-state index contributed by atoms with van der Waals surface area (Å²) in [6, 6.07) is 25.5. The molecule has 3 aromatic carbocycles. The van der Waals surface area contributed by atoms with Gasteiger partial charge in [-0.15, -0.1) is 0 Å². The van der Waals surface area contributed by atoms with Crippen molar-refractivity contribution in [1.82, 2.24) is 14.0 Å². The fourth-order valence-corrected chi connectivity index (χ4v) is 6.94. The number of para-hydroxylation sites is 2. The highest BCUT2D eigenvalue weighted by Crippen LogP contribution is 2.36. The van der Waals surface area contributed by atoms with Crippen LogP contribution in [-0.4, -0.2) is 40.1 Å². The molecule has 7 nitrogen and oxygen atoms in total. The van der Waals surface area contributed by atoms with Crippen molar-refractivity contribution in [2.75, 3.05) is 20.2 Å². The lowest BCUT2D eigenvalue weighted by molar-refractivity contribution is -0.127. The van der Waals surface area contributed by atoms with Gasteiger partial charge in [0.1, 0.15) is 11.8 Å². The van der Waals surface area contributed by atoms with E-state index in [4.69, 9.17) is 9.73 Å². The van der Waals surface area contributed by atoms with Gasteiger partial charge in [0.15, 0.2) is 4.80 Å². The molecule has 0 spiro atoms. The molecule has 1 aliphatic rings. The van der Waals surface area contributed by atoms with Crippen LogP contribution >= 0.6 is 11.3 Å². The number of aromatic nitrogens is 2. The molecule has 0 fully saturated rings. The van der Waals surface area contributed by atoms with Crippen LogP contribution < -0.4 is 19.6 Å². The summed E-state index contributed by atoms with van der Waals surface area (Å²) in [5.74, 6) is 0.492. The van der Waals surface area contributed by atoms with E-state index in [1.165, 1.54) is 16.9 Å². The number of amides is 1. The number of hydrogen-bond donors (Lipinski definition) is 0. The number of benzene rings is 3. The highest BCUT2D eigenvalue weighted by atomic mass is 32.1. The Bertz CT molecular complexity index is 2030. The number of nitrogens with zero attached hydrogens (tertiary/aromatic N) is 4. The summed E-state index contributed by atoms with van der Waals surface area (Å²) in [6.07, 6.45) is 4.06. The number of carbonyl (C=O) groups is 1. The van der Waals surface area contributed by atoms with Crippen LogP contribution in [0.3, 0.4) is 0 Å². The second kappa shape index (κ2) is 11.9. The lowest BCUT2D eigenvalue weighted by atomic mass is 9.94. The second-order valence-corrected chi connectivity index (χ2v) is 11.5. The number of thiazole rings is 1. The number of rotatable bonds is 8. The Morgan fingerprint density at radius 1 is 1.00 bits per heavy atom. The summed E-state index contributed by atoms with van der Waals surface area (Å²) < 4.78 is 10.2. The minimum Gasteiger partial charge on any atom is -0.496 e. The number of carbonyl (C=O) groups excluding carboxylic acids is 1. The molecule has 218 valence electrons. The third kappa shape index (κ3) is 5.12. The fourth-order valence-electron chi connectivity index (χ4n) is 5.91. The van der Waals surface area contributed by atoms with Crippen LogP contribution in [0.2, 0.25) is 0 Å². The molecule has 0 radical (unpaired) electrons. The molecule has 2 aromatic heterocycles. The summed E-state index contributed by atoms with van der Waals surface area (Å²) in [7, 11) is 1.61. The highest BCUT2D eigenvalue weighted by molar-refractivity contribution is 7.07. The molecule has 3 heterocycles. The third-order valence-electron chi connectivity index (χ3n) is 8.04. The van der Waals surface area contributed by atoms with E-state index in [-0.39, 0.29) is 11.5 Å². The van der Waals surface area contributed by atoms with E-state index in [0.717, 1.165) is 28.6 Å². The molecule has 0 saturated carbocycles. The minimum atomic E-state index is -0.665. The monoisotopic (exact) mass is 590 g/mol. The maximum Gasteiger partial charge on any atom is 0.271 e. The number of likely N-dealkylation sites (N-methyl/N-ethyl adjacent to an activating group) is 1. The Balaban J connectivity index is 1.54. The van der Waals surface area contributed by atoms with Gasteiger partial charge in [-0.25, -0.2) is 4.99 Å². The molecule has 1 aliphatic heterocycles. The van der Waals surface area contributed by atoms with E-state index in [9.17, 15) is 9.59 Å². The first-order valence-electron chi connectivity index (χ1n) is 14.5. The number of hydrogen-bond acceptors (Lipinski definition) is 5. The predicted molar refractivity (Wildman–Crippen MR) is 172 cm³/mol. The first-order valence-corrected chi connectivity index (χ1v) is 15.3. The lowest BCUT2D eigenvalue weighted by Gasteiger charge is -2.29. The molecule has 6 rings (SSSR count). The van der Waals surface area contributed by atoms with Crippen LogP contribution in [0.5, 0.6) is 5.75 Å². The van der Waals surface area contributed by atoms with Crippen LogP contribution in [0.25, 0.3) is 17.0 Å². The average molecular weight is 591 g/mol. The molecule has 1 amide bonds. The Labute approximate surface area is 254 Å². The van der Waals surface area contributed by atoms with Gasteiger partial charge >= 0.3 is 0 Å². The molecule has 0 bridgehead atoms. The number of methoxy groups -OCH3 is 1. The van der Waals surface area contributed by atoms with Crippen LogP contribution in [0.15, 0.2) is 106 Å². The first-order chi connectivity index (χ1) is 20.9. The molecule has 43 heavy (non-hydrogen) atoms. The normalized spacial score (nSPS) is 15.0. The van der Waals surface area contributed by atoms with E-state index in [2.05, 4.69) is 35.0 Å². The van der Waals surface area contributed by atoms with Gasteiger partial charge in [0.05, 0.1) is 22.9 Å². The Hall–Kier alpha value is -4.69. The summed E-state index contributed by atoms with van der Waals surface area (Å²) >= 11 is 1.35. The standard InChI is InChI=1S/C35H34N4O3S/c1-5-37(6-2)34(41)31-23(3)36-35-39(32(31)27-17-11-13-19-29(27)42-4)33(40)30(43-35)20-25-22-38(21-24-14-8-7-9-15-24)28-18-12-10-16-26(25)28/h7-20,22,32H,5-6,21H2,1-4H3/b30-20+/t32-/m0/s1. The molecule has 0 N–H and O–H groups in total. The van der Waals surface area contributed by atoms with Crippen molar-refractivity contribution in [3.63, 3.8) is 0 Å². The fraction of sp³-hybridized carbons (Fsp3) is 0.229. The highest BCUT2D eigenvalue weighted by Gasteiger charge is 2.35. The van der Waals surface area contributed by atoms with E-state index < -0.39 is 6.04 Å². The molecule has 0 saturated heterocycles. The largest absolute Gasteiger partial charge is 0.496 e. The van der Waals surface area contributed by atoms with E-state index >= 15 is 0 Å². The van der Waals surface area contributed by atoms with Crippen molar-refractivity contribution < 1.29 is 9.53 Å². The SMILES string of the molecule is CCN(CC)C(=O)C1=C(C)N=c2s/c(=C/c3cn(Cc4ccccc4)c4ccccc34)c(=O)n2[C@H]1c1ccccc1OC. The summed E-state index contributed by atoms with van der Waals surface area (Å²) in [5, 5.41) is 1.07. The zero-order valence-corrected chi connectivity index (χ0v) is 25.6. The van der Waals surface area contributed by atoms with Crippen LogP contribution in [0.4, 0.5) is 0 Å². The molecule has 1 atom stereocenters. The van der Waals surface area contributed by atoms with Gasteiger partial charge in [-0.2, -0.15) is 0 Å². The molecule has 5 aromatic rings. The third-order valence-corrected chi connectivity index (χ3v) is 9.02. The van der Waals surface area contributed by atoms with Crippen molar-refractivity contribution in [3.8, 4) is 5.75 Å². The van der Waals surface area contributed by atoms with E-state index in [0.29, 0.717) is 39.4 Å². The van der Waals surface area contributed by atoms with E-state index in [1.807, 2.05) is 81.4 Å². The molecule has 8 heteroatoms. The summed E-state index contributed by atoms with van der Waals surface area (Å²) in [6.45, 7) is 7.61. The quantitative estimate of drug-likeness (QED) is 0.252. The number of allylic oxidation sites excluding steroid dienone is 1. The van der Waals surface area contributed by atoms with Gasteiger partial charge in [0.2, 0.25) is 0 Å². The van der Waals surface area contributed by atoms with Crippen molar-refractivity contribution in [2.24, 2.45) is 4.99 Å². The summed E-state index contributed by atoms with van der Waals surface area (Å²) in [5.41, 5.74) is 4.93. The van der Waals surface area contributed by atoms with Crippen LogP contribution in [0.1, 0.15) is 43.5 Å². The van der Waals surface area contributed by atoms with Gasteiger partial charge in [-0.3, -0.25) is 14.2 Å². The van der Waals surface area contributed by atoms with Gasteiger partial charge in [-0.1, -0.05) is 78.1 Å². The predicted octanol–water partition coefficient (Wildman–Crippen LogP) is 5.12. The van der Waals surface area contributed by atoms with Gasteiger partial charge in [0, 0.05) is 47.9 Å². The minimum absolute atomic E-state index is 0.125. The maximum atomic E-state index is 14.3. The van der Waals surface area contributed by atoms with Crippen molar-refractivity contribution in [3.05, 3.63) is 133 Å². The molecule has 0 aliphatic carbocycles. The smallest absolute Gasteiger partial charge is 0.271 e. The van der Waals surface area contributed by atoms with Crippen LogP contribution in [-0.2, 0) is 11.3 Å². The number of fused-ring (bicyclic) bond motifs is 2. The lowest BCUT2D eigenvalue weighted by Crippen LogP contribution is -2.43. The maximum absolute atomic E-state index is 14.3. The Morgan fingerprint density at radius 2 is 1.70 bits per heavy atom. The van der Waals surface area contributed by atoms with Crippen molar-refractivity contribution >= 4 is 34.2 Å². The zero-order valence-electron chi connectivity index (χ0n) is 24.8. The zero-order chi connectivity index (χ0) is 30.1. The summed E-state index contributed by atoms with van der Waals surface area (Å²) in [4.78, 5) is 35.4.